The van der Waals surface area contributed by atoms with E-state index < -0.39 is 74.4 Å². The summed E-state index contributed by atoms with van der Waals surface area (Å²) in [4.78, 5) is 37.5. The highest BCUT2D eigenvalue weighted by Crippen LogP contribution is 2.46. The number of benzene rings is 1. The summed E-state index contributed by atoms with van der Waals surface area (Å²) < 4.78 is 50.6. The quantitative estimate of drug-likeness (QED) is 0.252. The summed E-state index contributed by atoms with van der Waals surface area (Å²) in [6.07, 6.45) is -5.69. The van der Waals surface area contributed by atoms with E-state index in [-0.39, 0.29) is 12.4 Å². The Morgan fingerprint density at radius 2 is 2.09 bits per heavy atom. The van der Waals surface area contributed by atoms with E-state index >= 15 is 0 Å². The summed E-state index contributed by atoms with van der Waals surface area (Å²) in [6.45, 7) is 1.60. The van der Waals surface area contributed by atoms with Gasteiger partial charge in [-0.15, -0.1) is 0 Å². The number of carbonyl (C=O) groups is 1. The molecule has 1 aromatic carbocycles. The van der Waals surface area contributed by atoms with Gasteiger partial charge in [-0.05, 0) is 26.0 Å². The van der Waals surface area contributed by atoms with Gasteiger partial charge in [-0.2, -0.15) is 0 Å². The van der Waals surface area contributed by atoms with Crippen molar-refractivity contribution in [1.29, 1.82) is 0 Å². The summed E-state index contributed by atoms with van der Waals surface area (Å²) in [7, 11) is -4.27. The first kappa shape index (κ1) is 23.0. The average molecular weight is 501 g/mol. The van der Waals surface area contributed by atoms with Gasteiger partial charge in [-0.3, -0.25) is 23.7 Å². The van der Waals surface area contributed by atoms with E-state index in [1.807, 2.05) is 4.98 Å². The lowest BCUT2D eigenvalue weighted by atomic mass is 9.96. The smallest absolute Gasteiger partial charge is 0.459 e. The Morgan fingerprint density at radius 3 is 2.76 bits per heavy atom. The lowest BCUT2D eigenvalue weighted by Crippen LogP contribution is -2.46. The Labute approximate surface area is 196 Å². The molecule has 3 rings (SSSR count). The Hall–Kier alpha value is -2.80. The maximum Gasteiger partial charge on any atom is 0.459 e. The normalized spacial score (nSPS) is 26.9. The number of hydrogen-bond donors (Lipinski definition) is 4. The first-order valence-electron chi connectivity index (χ1n) is 11.2. The van der Waals surface area contributed by atoms with Gasteiger partial charge in [0.15, 0.2) is 6.23 Å². The number of ether oxygens (including phenoxy) is 2. The van der Waals surface area contributed by atoms with Crippen molar-refractivity contribution < 1.29 is 40.8 Å². The molecule has 1 aromatic heterocycles. The van der Waals surface area contributed by atoms with Crippen LogP contribution in [0.2, 0.25) is 0 Å². The summed E-state index contributed by atoms with van der Waals surface area (Å²) >= 11 is 0. The van der Waals surface area contributed by atoms with Crippen molar-refractivity contribution in [3.05, 3.63) is 63.4 Å². The Bertz CT molecular complexity index is 1250. The lowest BCUT2D eigenvalue weighted by Gasteiger charge is -2.27. The number of rotatable bonds is 10. The van der Waals surface area contributed by atoms with Gasteiger partial charge in [0.2, 0.25) is 0 Å². The molecule has 0 amide bonds. The van der Waals surface area contributed by atoms with Crippen LogP contribution < -0.4 is 20.9 Å². The van der Waals surface area contributed by atoms with E-state index in [9.17, 15) is 29.2 Å². The van der Waals surface area contributed by atoms with Crippen LogP contribution in [0.5, 0.6) is 5.75 Å². The van der Waals surface area contributed by atoms with E-state index in [2.05, 4.69) is 5.09 Å². The number of H-pyrrole nitrogens is 1. The first-order chi connectivity index (χ1) is 16.9. The molecule has 34 heavy (non-hydrogen) atoms. The second kappa shape index (κ2) is 10.6. The maximum atomic E-state index is 13.3. The third kappa shape index (κ3) is 6.00. The van der Waals surface area contributed by atoms with Crippen LogP contribution in [-0.4, -0.2) is 63.3 Å². The number of aromatic amines is 1. The van der Waals surface area contributed by atoms with Crippen LogP contribution in [0.3, 0.4) is 0 Å². The average Bonchev–Trinajstić information content (AvgIpc) is 3.05. The molecule has 1 aliphatic heterocycles. The molecule has 0 bridgehead atoms. The fourth-order valence-corrected chi connectivity index (χ4v) is 4.41. The van der Waals surface area contributed by atoms with Crippen LogP contribution in [0.4, 0.5) is 0 Å². The van der Waals surface area contributed by atoms with E-state index in [1.54, 1.807) is 25.1 Å². The van der Waals surface area contributed by atoms with Crippen LogP contribution in [0, 0.1) is 0 Å². The van der Waals surface area contributed by atoms with Crippen LogP contribution >= 0.6 is 7.75 Å². The highest BCUT2D eigenvalue weighted by Gasteiger charge is 2.54. The van der Waals surface area contributed by atoms with E-state index in [0.29, 0.717) is 4.57 Å². The number of hydrogen-bond acceptors (Lipinski definition) is 10. The standard InChI is InChI=1S/C20H26N3O10P/c1-3-30-16(25)11-21-34(29,33-13-7-5-4-6-8-13)31-12-14-17(26)20(2,28)18(32-14)23-10-9-15(24)22-19(23)27/h4-10,14,17-18,26,28H,3,11-12H2,1-2H3,(H,21,29)(H,22,24,27)/t14-,17-,18-,20-,34?/m1/s1/i9D,10D. The van der Waals surface area contributed by atoms with Gasteiger partial charge in [0.05, 0.1) is 16.0 Å². The van der Waals surface area contributed by atoms with E-state index in [0.717, 1.165) is 6.92 Å². The molecule has 5 atom stereocenters. The van der Waals surface area contributed by atoms with Crippen LogP contribution in [0.1, 0.15) is 22.8 Å². The minimum atomic E-state index is -4.27. The summed E-state index contributed by atoms with van der Waals surface area (Å²) in [5, 5.41) is 23.9. The zero-order valence-corrected chi connectivity index (χ0v) is 19.2. The van der Waals surface area contributed by atoms with Crippen LogP contribution in [0.25, 0.3) is 0 Å². The van der Waals surface area contributed by atoms with Gasteiger partial charge in [0.1, 0.15) is 30.1 Å². The first-order valence-corrected chi connectivity index (χ1v) is 11.7. The van der Waals surface area contributed by atoms with Crippen molar-refractivity contribution in [1.82, 2.24) is 14.6 Å². The zero-order valence-electron chi connectivity index (χ0n) is 20.3. The van der Waals surface area contributed by atoms with Crippen LogP contribution in [0.15, 0.2) is 52.1 Å². The predicted molar refractivity (Wildman–Crippen MR) is 117 cm³/mol. The third-order valence-corrected chi connectivity index (χ3v) is 6.30. The molecular formula is C20H26N3O10P. The molecule has 0 saturated carbocycles. The summed E-state index contributed by atoms with van der Waals surface area (Å²) in [6, 6.07) is 7.03. The number of aliphatic hydroxyl groups excluding tert-OH is 1. The minimum absolute atomic E-state index is 0.0892. The molecule has 0 spiro atoms. The molecular weight excluding hydrogens is 473 g/mol. The molecule has 14 heteroatoms. The number of aromatic nitrogens is 2. The monoisotopic (exact) mass is 501 g/mol. The Morgan fingerprint density at radius 1 is 1.38 bits per heavy atom. The van der Waals surface area contributed by atoms with Crippen molar-refractivity contribution >= 4 is 13.7 Å². The molecule has 2 heterocycles. The number of para-hydroxylation sites is 1. The molecule has 0 aliphatic carbocycles. The molecule has 1 unspecified atom stereocenters. The van der Waals surface area contributed by atoms with Crippen LogP contribution in [-0.2, 0) is 23.4 Å². The van der Waals surface area contributed by atoms with Gasteiger partial charge >= 0.3 is 19.4 Å². The molecule has 4 N–H and O–H groups in total. The van der Waals surface area contributed by atoms with Crippen molar-refractivity contribution in [2.24, 2.45) is 0 Å². The summed E-state index contributed by atoms with van der Waals surface area (Å²) in [5.41, 5.74) is -4.44. The molecule has 13 nitrogen and oxygen atoms in total. The molecule has 2 aromatic rings. The second-order valence-corrected chi connectivity index (χ2v) is 9.15. The highest BCUT2D eigenvalue weighted by molar-refractivity contribution is 7.52. The van der Waals surface area contributed by atoms with Gasteiger partial charge in [-0.25, -0.2) is 14.4 Å². The largest absolute Gasteiger partial charge is 0.465 e. The molecule has 186 valence electrons. The van der Waals surface area contributed by atoms with Crippen molar-refractivity contribution in [2.45, 2.75) is 37.9 Å². The predicted octanol–water partition coefficient (Wildman–Crippen LogP) is -0.0977. The van der Waals surface area contributed by atoms with E-state index in [4.69, 9.17) is 21.3 Å². The molecule has 1 aliphatic rings. The fourth-order valence-electron chi connectivity index (χ4n) is 3.14. The SMILES string of the molecule is [2H]c1c([2H])n([C@@H]2O[C@H](COP(=O)(NCC(=O)OCC)Oc3ccccc3)[C@@H](O)[C@@]2(C)O)c(=O)[nH]c1=O. The van der Waals surface area contributed by atoms with Gasteiger partial charge in [-0.1, -0.05) is 18.2 Å². The summed E-state index contributed by atoms with van der Waals surface area (Å²) in [5.74, 6) is -0.596. The van der Waals surface area contributed by atoms with Crippen molar-refractivity contribution in [3.8, 4) is 5.75 Å². The zero-order chi connectivity index (χ0) is 26.7. The minimum Gasteiger partial charge on any atom is -0.465 e. The third-order valence-electron chi connectivity index (χ3n) is 4.82. The number of nitrogens with one attached hydrogen (secondary N) is 2. The number of aliphatic hydroxyl groups is 2. The highest BCUT2D eigenvalue weighted by atomic mass is 31.2. The molecule has 0 radical (unpaired) electrons. The topological polar surface area (TPSA) is 178 Å². The molecule has 1 fully saturated rings. The fraction of sp³-hybridized carbons (Fsp3) is 0.450. The van der Waals surface area contributed by atoms with Gasteiger partial charge < -0.3 is 24.2 Å². The molecule has 1 saturated heterocycles. The van der Waals surface area contributed by atoms with E-state index in [1.165, 1.54) is 12.1 Å². The maximum absolute atomic E-state index is 13.3. The van der Waals surface area contributed by atoms with Crippen molar-refractivity contribution in [2.75, 3.05) is 19.8 Å². The second-order valence-electron chi connectivity index (χ2n) is 7.40. The lowest BCUT2D eigenvalue weighted by molar-refractivity contribution is -0.141. The van der Waals surface area contributed by atoms with Crippen molar-refractivity contribution in [3.63, 3.8) is 0 Å². The Balaban J connectivity index is 1.82. The van der Waals surface area contributed by atoms with Gasteiger partial charge in [0, 0.05) is 12.2 Å². The number of nitrogens with zero attached hydrogens (tertiary/aromatic N) is 1. The number of esters is 1. The number of carbonyl (C=O) groups excluding carboxylic acids is 1. The van der Waals surface area contributed by atoms with Gasteiger partial charge in [0.25, 0.3) is 5.56 Å². The Kier molecular flexibility index (Phi) is 7.19.